The summed E-state index contributed by atoms with van der Waals surface area (Å²) in [5, 5.41) is 12.8. The lowest BCUT2D eigenvalue weighted by molar-refractivity contribution is 0.104. The number of hydrogen-bond acceptors (Lipinski definition) is 3. The Morgan fingerprint density at radius 1 is 0.957 bits per heavy atom. The molecule has 110 valence electrons. The number of rotatable bonds is 4. The molecule has 0 aliphatic heterocycles. The smallest absolute Gasteiger partial charge is 0.204 e. The van der Waals surface area contributed by atoms with Crippen molar-refractivity contribution in [3.05, 3.63) is 88.1 Å². The third kappa shape index (κ3) is 3.45. The van der Waals surface area contributed by atoms with Crippen LogP contribution in [0.25, 0.3) is 17.2 Å². The van der Waals surface area contributed by atoms with Gasteiger partial charge in [0.2, 0.25) is 5.78 Å². The minimum atomic E-state index is -0.235. The quantitative estimate of drug-likeness (QED) is 0.377. The van der Waals surface area contributed by atoms with Gasteiger partial charge in [0.15, 0.2) is 0 Å². The minimum Gasteiger partial charge on any atom is -0.288 e. The number of benzene rings is 2. The van der Waals surface area contributed by atoms with Gasteiger partial charge in [0.05, 0.1) is 0 Å². The molecular formula is C20H13NOS. The fourth-order valence-corrected chi connectivity index (χ4v) is 2.90. The first-order valence-electron chi connectivity index (χ1n) is 7.12. The van der Waals surface area contributed by atoms with Crippen molar-refractivity contribution in [2.45, 2.75) is 0 Å². The summed E-state index contributed by atoms with van der Waals surface area (Å²) < 4.78 is 0. The Bertz CT molecular complexity index is 870. The summed E-state index contributed by atoms with van der Waals surface area (Å²) in [7, 11) is 0. The van der Waals surface area contributed by atoms with E-state index in [-0.39, 0.29) is 11.4 Å². The van der Waals surface area contributed by atoms with Gasteiger partial charge in [0, 0.05) is 10.9 Å². The van der Waals surface area contributed by atoms with E-state index >= 15 is 0 Å². The number of nitrogens with zero attached hydrogens (tertiary/aromatic N) is 1. The maximum absolute atomic E-state index is 12.2. The molecule has 0 aliphatic carbocycles. The number of allylic oxidation sites excluding steroid dienone is 1. The van der Waals surface area contributed by atoms with Crippen molar-refractivity contribution in [2.24, 2.45) is 0 Å². The zero-order chi connectivity index (χ0) is 16.1. The van der Waals surface area contributed by atoms with Crippen LogP contribution < -0.4 is 0 Å². The molecule has 0 fully saturated rings. The molecule has 0 saturated carbocycles. The van der Waals surface area contributed by atoms with E-state index in [0.717, 1.165) is 16.7 Å². The fraction of sp³-hybridized carbons (Fsp3) is 0. The van der Waals surface area contributed by atoms with Gasteiger partial charge in [-0.15, -0.1) is 0 Å². The lowest BCUT2D eigenvalue weighted by Gasteiger charge is -2.02. The van der Waals surface area contributed by atoms with Gasteiger partial charge in [-0.2, -0.15) is 16.6 Å². The summed E-state index contributed by atoms with van der Waals surface area (Å²) in [4.78, 5) is 12.2. The third-order valence-electron chi connectivity index (χ3n) is 3.48. The summed E-state index contributed by atoms with van der Waals surface area (Å²) in [6, 6.07) is 21.6. The van der Waals surface area contributed by atoms with E-state index in [0.29, 0.717) is 5.56 Å². The van der Waals surface area contributed by atoms with Crippen LogP contribution in [-0.2, 0) is 0 Å². The van der Waals surface area contributed by atoms with Gasteiger partial charge in [-0.25, -0.2) is 0 Å². The van der Waals surface area contributed by atoms with E-state index in [2.05, 4.69) is 0 Å². The molecule has 1 heterocycles. The van der Waals surface area contributed by atoms with E-state index in [1.807, 2.05) is 66.0 Å². The SMILES string of the molecule is N#C/C(=C/c1ccc(-c2ccccc2)cc1)C(=O)c1ccsc1. The lowest BCUT2D eigenvalue weighted by Crippen LogP contribution is -1.99. The molecule has 0 aliphatic rings. The van der Waals surface area contributed by atoms with Crippen molar-refractivity contribution >= 4 is 23.2 Å². The first-order chi connectivity index (χ1) is 11.3. The maximum Gasteiger partial charge on any atom is 0.204 e. The second-order valence-electron chi connectivity index (χ2n) is 5.00. The topological polar surface area (TPSA) is 40.9 Å². The maximum atomic E-state index is 12.2. The molecule has 0 atom stereocenters. The highest BCUT2D eigenvalue weighted by Gasteiger charge is 2.12. The van der Waals surface area contributed by atoms with E-state index in [4.69, 9.17) is 0 Å². The normalized spacial score (nSPS) is 11.0. The number of ketones is 1. The molecule has 0 unspecified atom stereocenters. The van der Waals surface area contributed by atoms with Crippen molar-refractivity contribution in [1.29, 1.82) is 5.26 Å². The summed E-state index contributed by atoms with van der Waals surface area (Å²) in [5.74, 6) is -0.235. The van der Waals surface area contributed by atoms with Crippen molar-refractivity contribution in [3.8, 4) is 17.2 Å². The number of nitriles is 1. The Morgan fingerprint density at radius 3 is 2.26 bits per heavy atom. The molecular weight excluding hydrogens is 302 g/mol. The first kappa shape index (κ1) is 15.0. The van der Waals surface area contributed by atoms with E-state index in [9.17, 15) is 10.1 Å². The van der Waals surface area contributed by atoms with Crippen molar-refractivity contribution in [1.82, 2.24) is 0 Å². The van der Waals surface area contributed by atoms with Gasteiger partial charge in [-0.1, -0.05) is 54.6 Å². The van der Waals surface area contributed by atoms with Crippen LogP contribution in [0, 0.1) is 11.3 Å². The van der Waals surface area contributed by atoms with Gasteiger partial charge in [-0.3, -0.25) is 4.79 Å². The van der Waals surface area contributed by atoms with E-state index in [1.165, 1.54) is 11.3 Å². The number of carbonyl (C=O) groups is 1. The molecule has 3 aromatic rings. The van der Waals surface area contributed by atoms with Crippen molar-refractivity contribution < 1.29 is 4.79 Å². The molecule has 0 bridgehead atoms. The zero-order valence-electron chi connectivity index (χ0n) is 12.3. The lowest BCUT2D eigenvalue weighted by atomic mass is 10.0. The van der Waals surface area contributed by atoms with Crippen molar-refractivity contribution in [3.63, 3.8) is 0 Å². The van der Waals surface area contributed by atoms with Gasteiger partial charge >= 0.3 is 0 Å². The summed E-state index contributed by atoms with van der Waals surface area (Å²) >= 11 is 1.44. The Morgan fingerprint density at radius 2 is 1.65 bits per heavy atom. The van der Waals surface area contributed by atoms with Gasteiger partial charge < -0.3 is 0 Å². The van der Waals surface area contributed by atoms with Crippen LogP contribution in [0.1, 0.15) is 15.9 Å². The Labute approximate surface area is 139 Å². The van der Waals surface area contributed by atoms with Gasteiger partial charge in [-0.05, 0) is 34.2 Å². The number of carbonyl (C=O) groups excluding carboxylic acids is 1. The number of thiophene rings is 1. The number of hydrogen-bond donors (Lipinski definition) is 0. The van der Waals surface area contributed by atoms with Crippen LogP contribution >= 0.6 is 11.3 Å². The van der Waals surface area contributed by atoms with Crippen LogP contribution in [0.4, 0.5) is 0 Å². The summed E-state index contributed by atoms with van der Waals surface area (Å²) in [6.07, 6.45) is 1.63. The largest absolute Gasteiger partial charge is 0.288 e. The van der Waals surface area contributed by atoms with E-state index in [1.54, 1.807) is 17.5 Å². The summed E-state index contributed by atoms with van der Waals surface area (Å²) in [6.45, 7) is 0. The second kappa shape index (κ2) is 6.87. The van der Waals surface area contributed by atoms with Crippen LogP contribution in [-0.4, -0.2) is 5.78 Å². The molecule has 0 N–H and O–H groups in total. The standard InChI is InChI=1S/C20H13NOS/c21-13-19(20(22)18-10-11-23-14-18)12-15-6-8-17(9-7-15)16-4-2-1-3-5-16/h1-12,14H/b19-12-. The molecule has 1 aromatic heterocycles. The second-order valence-corrected chi connectivity index (χ2v) is 5.78. The Hall–Kier alpha value is -2.96. The van der Waals surface area contributed by atoms with Crippen LogP contribution in [0.15, 0.2) is 77.0 Å². The summed E-state index contributed by atoms with van der Waals surface area (Å²) in [5.41, 5.74) is 3.78. The molecule has 2 nitrogen and oxygen atoms in total. The first-order valence-corrected chi connectivity index (χ1v) is 8.06. The predicted octanol–water partition coefficient (Wildman–Crippen LogP) is 5.20. The average molecular weight is 315 g/mol. The van der Waals surface area contributed by atoms with Crippen molar-refractivity contribution in [2.75, 3.05) is 0 Å². The minimum absolute atomic E-state index is 0.149. The molecule has 0 saturated heterocycles. The van der Waals surface area contributed by atoms with Gasteiger partial charge in [0.25, 0.3) is 0 Å². The monoisotopic (exact) mass is 315 g/mol. The highest BCUT2D eigenvalue weighted by atomic mass is 32.1. The number of Topliss-reactive ketones (excluding diaryl/α,β-unsaturated/α-hetero) is 1. The van der Waals surface area contributed by atoms with Gasteiger partial charge in [0.1, 0.15) is 11.6 Å². The Balaban J connectivity index is 1.87. The molecule has 0 spiro atoms. The highest BCUT2D eigenvalue weighted by Crippen LogP contribution is 2.21. The van der Waals surface area contributed by atoms with Crippen LogP contribution in [0.2, 0.25) is 0 Å². The van der Waals surface area contributed by atoms with E-state index < -0.39 is 0 Å². The zero-order valence-corrected chi connectivity index (χ0v) is 13.1. The highest BCUT2D eigenvalue weighted by molar-refractivity contribution is 7.08. The Kier molecular flexibility index (Phi) is 4.46. The average Bonchev–Trinajstić information content (AvgIpc) is 3.15. The molecule has 3 heteroatoms. The molecule has 23 heavy (non-hydrogen) atoms. The molecule has 0 radical (unpaired) electrons. The molecule has 3 rings (SSSR count). The van der Waals surface area contributed by atoms with Crippen LogP contribution in [0.5, 0.6) is 0 Å². The molecule has 2 aromatic carbocycles. The predicted molar refractivity (Wildman–Crippen MR) is 94.1 cm³/mol. The fourth-order valence-electron chi connectivity index (χ4n) is 2.27. The van der Waals surface area contributed by atoms with Crippen LogP contribution in [0.3, 0.4) is 0 Å². The molecule has 0 amide bonds. The third-order valence-corrected chi connectivity index (χ3v) is 4.16.